The number of thioether (sulfide) groups is 1. The van der Waals surface area contributed by atoms with E-state index in [1.807, 2.05) is 6.26 Å². The van der Waals surface area contributed by atoms with Crippen molar-refractivity contribution in [1.82, 2.24) is 4.90 Å². The minimum absolute atomic E-state index is 0.0129. The molecule has 0 spiro atoms. The van der Waals surface area contributed by atoms with Gasteiger partial charge in [0.1, 0.15) is 5.82 Å². The first-order chi connectivity index (χ1) is 10.5. The molecule has 7 heteroatoms. The second-order valence-corrected chi connectivity index (χ2v) is 6.69. The zero-order valence-corrected chi connectivity index (χ0v) is 14.2. The molecule has 0 bridgehead atoms. The monoisotopic (exact) mass is 345 g/mol. The van der Waals surface area contributed by atoms with Gasteiger partial charge in [-0.3, -0.25) is 4.79 Å². The summed E-state index contributed by atoms with van der Waals surface area (Å²) in [4.78, 5) is 16.1. The third-order valence-electron chi connectivity index (χ3n) is 3.79. The number of nitrogens with zero attached hydrogens (tertiary/aromatic N) is 2. The van der Waals surface area contributed by atoms with Crippen molar-refractivity contribution in [2.45, 2.75) is 12.5 Å². The Kier molecular flexibility index (Phi) is 6.35. The number of anilines is 1. The number of benzene rings is 1. The van der Waals surface area contributed by atoms with Gasteiger partial charge >= 0.3 is 0 Å². The predicted octanol–water partition coefficient (Wildman–Crippen LogP) is 2.21. The maximum Gasteiger partial charge on any atom is 0.239 e. The predicted molar refractivity (Wildman–Crippen MR) is 91.2 cm³/mol. The Morgan fingerprint density at radius 1 is 1.41 bits per heavy atom. The normalized spacial score (nSPS) is 16.7. The summed E-state index contributed by atoms with van der Waals surface area (Å²) in [5.74, 6) is 0.555. The molecule has 1 heterocycles. The number of piperazine rings is 1. The molecule has 1 amide bonds. The number of amides is 1. The fourth-order valence-corrected chi connectivity index (χ4v) is 3.28. The average molecular weight is 346 g/mol. The maximum absolute atomic E-state index is 13.1. The highest BCUT2D eigenvalue weighted by Gasteiger charge is 2.25. The van der Waals surface area contributed by atoms with Crippen molar-refractivity contribution in [1.29, 1.82) is 0 Å². The summed E-state index contributed by atoms with van der Waals surface area (Å²) in [7, 11) is 0. The molecule has 1 atom stereocenters. The van der Waals surface area contributed by atoms with Crippen LogP contribution in [0.4, 0.5) is 10.1 Å². The number of halogens is 2. The van der Waals surface area contributed by atoms with E-state index in [0.717, 1.165) is 11.4 Å². The molecule has 1 aliphatic rings. The van der Waals surface area contributed by atoms with Gasteiger partial charge in [-0.1, -0.05) is 11.6 Å². The van der Waals surface area contributed by atoms with E-state index in [9.17, 15) is 9.18 Å². The lowest BCUT2D eigenvalue weighted by Gasteiger charge is -2.37. The minimum atomic E-state index is -0.423. The molecule has 1 aromatic rings. The molecule has 2 N–H and O–H groups in total. The third kappa shape index (κ3) is 4.27. The van der Waals surface area contributed by atoms with Gasteiger partial charge in [-0.25, -0.2) is 4.39 Å². The van der Waals surface area contributed by atoms with Crippen LogP contribution in [-0.4, -0.2) is 55.0 Å². The molecule has 1 unspecified atom stereocenters. The van der Waals surface area contributed by atoms with Crippen LogP contribution in [0.2, 0.25) is 5.02 Å². The van der Waals surface area contributed by atoms with Crippen molar-refractivity contribution in [3.63, 3.8) is 0 Å². The van der Waals surface area contributed by atoms with Crippen LogP contribution in [-0.2, 0) is 4.79 Å². The van der Waals surface area contributed by atoms with E-state index < -0.39 is 6.04 Å². The first-order valence-electron chi connectivity index (χ1n) is 7.26. The Morgan fingerprint density at radius 2 is 2.09 bits per heavy atom. The first kappa shape index (κ1) is 17.4. The molecule has 1 aromatic carbocycles. The van der Waals surface area contributed by atoms with Gasteiger partial charge in [0.05, 0.1) is 16.8 Å². The molecule has 0 saturated carbocycles. The van der Waals surface area contributed by atoms with Gasteiger partial charge in [0.25, 0.3) is 0 Å². The molecule has 0 aromatic heterocycles. The van der Waals surface area contributed by atoms with Crippen LogP contribution >= 0.6 is 23.4 Å². The standard InChI is InChI=1S/C15H21ClFN3OS/c1-22-9-4-13(18)15(21)20-7-5-19(6-8-20)14-3-2-11(17)10-12(14)16/h2-3,10,13H,4-9,18H2,1H3. The van der Waals surface area contributed by atoms with E-state index in [1.165, 1.54) is 12.1 Å². The maximum atomic E-state index is 13.1. The Balaban J connectivity index is 1.91. The van der Waals surface area contributed by atoms with Crippen LogP contribution in [0.1, 0.15) is 6.42 Å². The van der Waals surface area contributed by atoms with Gasteiger partial charge in [-0.2, -0.15) is 11.8 Å². The third-order valence-corrected chi connectivity index (χ3v) is 4.74. The van der Waals surface area contributed by atoms with Gasteiger partial charge in [-0.15, -0.1) is 0 Å². The van der Waals surface area contributed by atoms with Crippen LogP contribution in [0.5, 0.6) is 0 Å². The van der Waals surface area contributed by atoms with E-state index in [0.29, 0.717) is 37.6 Å². The molecule has 0 radical (unpaired) electrons. The van der Waals surface area contributed by atoms with Crippen molar-refractivity contribution >= 4 is 35.0 Å². The van der Waals surface area contributed by atoms with Crippen molar-refractivity contribution < 1.29 is 9.18 Å². The van der Waals surface area contributed by atoms with Crippen molar-refractivity contribution in [3.8, 4) is 0 Å². The van der Waals surface area contributed by atoms with E-state index >= 15 is 0 Å². The molecular weight excluding hydrogens is 325 g/mol. The fourth-order valence-electron chi connectivity index (χ4n) is 2.51. The summed E-state index contributed by atoms with van der Waals surface area (Å²) >= 11 is 7.78. The number of carbonyl (C=O) groups is 1. The Hall–Kier alpha value is -0.980. The second-order valence-electron chi connectivity index (χ2n) is 5.30. The second kappa shape index (κ2) is 8.04. The summed E-state index contributed by atoms with van der Waals surface area (Å²) in [5.41, 5.74) is 6.75. The lowest BCUT2D eigenvalue weighted by Crippen LogP contribution is -2.53. The van der Waals surface area contributed by atoms with Gasteiger partial charge in [0.15, 0.2) is 0 Å². The molecule has 1 saturated heterocycles. The van der Waals surface area contributed by atoms with Gasteiger partial charge < -0.3 is 15.5 Å². The molecular formula is C15H21ClFN3OS. The van der Waals surface area contributed by atoms with E-state index in [-0.39, 0.29) is 11.7 Å². The number of hydrogen-bond donors (Lipinski definition) is 1. The highest BCUT2D eigenvalue weighted by molar-refractivity contribution is 7.98. The summed E-state index contributed by atoms with van der Waals surface area (Å²) in [6.45, 7) is 2.57. The van der Waals surface area contributed by atoms with Crippen LogP contribution in [0, 0.1) is 5.82 Å². The zero-order chi connectivity index (χ0) is 16.1. The van der Waals surface area contributed by atoms with Crippen molar-refractivity contribution in [2.24, 2.45) is 5.73 Å². The van der Waals surface area contributed by atoms with Crippen molar-refractivity contribution in [3.05, 3.63) is 29.0 Å². The fraction of sp³-hybridized carbons (Fsp3) is 0.533. The smallest absolute Gasteiger partial charge is 0.239 e. The molecule has 1 fully saturated rings. The molecule has 4 nitrogen and oxygen atoms in total. The number of nitrogens with two attached hydrogens (primary N) is 1. The van der Waals surface area contributed by atoms with Crippen LogP contribution < -0.4 is 10.6 Å². The van der Waals surface area contributed by atoms with Crippen molar-refractivity contribution in [2.75, 3.05) is 43.1 Å². The summed E-state index contributed by atoms with van der Waals surface area (Å²) in [6, 6.07) is 3.97. The van der Waals surface area contributed by atoms with E-state index in [2.05, 4.69) is 4.90 Å². The number of hydrogen-bond acceptors (Lipinski definition) is 4. The SMILES string of the molecule is CSCCC(N)C(=O)N1CCN(c2ccc(F)cc2Cl)CC1. The summed E-state index contributed by atoms with van der Waals surface area (Å²) < 4.78 is 13.1. The minimum Gasteiger partial charge on any atom is -0.367 e. The van der Waals surface area contributed by atoms with E-state index in [1.54, 1.807) is 22.7 Å². The quantitative estimate of drug-likeness (QED) is 0.889. The van der Waals surface area contributed by atoms with Gasteiger partial charge in [0, 0.05) is 26.2 Å². The lowest BCUT2D eigenvalue weighted by molar-refractivity contribution is -0.132. The Morgan fingerprint density at radius 3 is 2.68 bits per heavy atom. The molecule has 0 aliphatic carbocycles. The topological polar surface area (TPSA) is 49.6 Å². The van der Waals surface area contributed by atoms with Gasteiger partial charge in [0.2, 0.25) is 5.91 Å². The molecule has 122 valence electrons. The van der Waals surface area contributed by atoms with Gasteiger partial charge in [-0.05, 0) is 36.6 Å². The Bertz CT molecular complexity index is 524. The first-order valence-corrected chi connectivity index (χ1v) is 9.03. The summed E-state index contributed by atoms with van der Waals surface area (Å²) in [6.07, 6.45) is 2.70. The zero-order valence-electron chi connectivity index (χ0n) is 12.6. The average Bonchev–Trinajstić information content (AvgIpc) is 2.52. The Labute approximate surface area is 139 Å². The lowest BCUT2D eigenvalue weighted by atomic mass is 10.2. The highest BCUT2D eigenvalue weighted by atomic mass is 35.5. The molecule has 1 aliphatic heterocycles. The van der Waals surface area contributed by atoms with Crippen LogP contribution in [0.3, 0.4) is 0 Å². The molecule has 2 rings (SSSR count). The number of carbonyl (C=O) groups excluding carboxylic acids is 1. The van der Waals surface area contributed by atoms with Crippen LogP contribution in [0.25, 0.3) is 0 Å². The summed E-state index contributed by atoms with van der Waals surface area (Å²) in [5, 5.41) is 0.399. The number of rotatable bonds is 5. The largest absolute Gasteiger partial charge is 0.367 e. The molecule has 22 heavy (non-hydrogen) atoms. The van der Waals surface area contributed by atoms with E-state index in [4.69, 9.17) is 17.3 Å². The van der Waals surface area contributed by atoms with Crippen LogP contribution in [0.15, 0.2) is 18.2 Å². The highest BCUT2D eigenvalue weighted by Crippen LogP contribution is 2.27.